The number of hydrogen-bond donors (Lipinski definition) is 8. The lowest BCUT2D eigenvalue weighted by atomic mass is 10.1. The fraction of sp³-hybridized carbons (Fsp3) is 0.688. The van der Waals surface area contributed by atoms with Gasteiger partial charge in [-0.15, -0.1) is 0 Å². The van der Waals surface area contributed by atoms with Crippen molar-refractivity contribution in [1.29, 1.82) is 0 Å². The molecule has 164 valence electrons. The molecule has 1 rings (SSSR count). The second-order valence-corrected chi connectivity index (χ2v) is 6.62. The van der Waals surface area contributed by atoms with Crippen LogP contribution in [0.5, 0.6) is 0 Å². The van der Waals surface area contributed by atoms with Crippen molar-refractivity contribution in [3.8, 4) is 0 Å². The number of rotatable bonds is 11. The number of aliphatic hydroxyl groups is 2. The Kier molecular flexibility index (Phi) is 9.44. The maximum Gasteiger partial charge on any atom is 0.326 e. The lowest BCUT2D eigenvalue weighted by Gasteiger charge is -2.25. The predicted octanol–water partition coefficient (Wildman–Crippen LogP) is -3.87. The van der Waals surface area contributed by atoms with Crippen molar-refractivity contribution in [2.45, 2.75) is 56.5 Å². The Morgan fingerprint density at radius 1 is 1.03 bits per heavy atom. The van der Waals surface area contributed by atoms with Gasteiger partial charge in [-0.05, 0) is 26.3 Å². The first-order chi connectivity index (χ1) is 13.6. The van der Waals surface area contributed by atoms with Gasteiger partial charge in [-0.1, -0.05) is 0 Å². The summed E-state index contributed by atoms with van der Waals surface area (Å²) in [6.45, 7) is 0.951. The molecule has 0 aromatic heterocycles. The van der Waals surface area contributed by atoms with Gasteiger partial charge in [-0.2, -0.15) is 0 Å². The highest BCUT2D eigenvalue weighted by atomic mass is 16.4. The number of carboxylic acids is 2. The molecule has 13 nitrogen and oxygen atoms in total. The molecule has 0 bridgehead atoms. The van der Waals surface area contributed by atoms with E-state index >= 15 is 0 Å². The minimum absolute atomic E-state index is 0.513. The monoisotopic (exact) mass is 418 g/mol. The summed E-state index contributed by atoms with van der Waals surface area (Å²) < 4.78 is 0. The SMILES string of the molecule is CC(O)C(NC(=O)C1CCCN1)C(=O)NC(CO)C(=O)NC(CC(=O)O)C(=O)O. The zero-order valence-corrected chi connectivity index (χ0v) is 15.8. The molecule has 3 amide bonds. The summed E-state index contributed by atoms with van der Waals surface area (Å²) in [5.74, 6) is -5.71. The molecule has 0 radical (unpaired) electrons. The summed E-state index contributed by atoms with van der Waals surface area (Å²) in [7, 11) is 0. The van der Waals surface area contributed by atoms with Crippen molar-refractivity contribution in [3.63, 3.8) is 0 Å². The molecule has 13 heteroatoms. The van der Waals surface area contributed by atoms with Gasteiger partial charge in [-0.3, -0.25) is 19.2 Å². The van der Waals surface area contributed by atoms with Gasteiger partial charge in [0.25, 0.3) is 0 Å². The molecule has 1 fully saturated rings. The first-order valence-electron chi connectivity index (χ1n) is 8.94. The molecule has 8 N–H and O–H groups in total. The maximum atomic E-state index is 12.4. The van der Waals surface area contributed by atoms with Gasteiger partial charge in [0.15, 0.2) is 0 Å². The van der Waals surface area contributed by atoms with Gasteiger partial charge in [-0.25, -0.2) is 4.79 Å². The lowest BCUT2D eigenvalue weighted by Crippen LogP contribution is -2.60. The number of nitrogens with one attached hydrogen (secondary N) is 4. The summed E-state index contributed by atoms with van der Waals surface area (Å²) in [6.07, 6.45) is -0.908. The van der Waals surface area contributed by atoms with Crippen LogP contribution < -0.4 is 21.3 Å². The second-order valence-electron chi connectivity index (χ2n) is 6.62. The molecule has 29 heavy (non-hydrogen) atoms. The van der Waals surface area contributed by atoms with E-state index in [1.165, 1.54) is 6.92 Å². The molecular formula is C16H26N4O9. The number of carboxylic acid groups (broad SMARTS) is 2. The van der Waals surface area contributed by atoms with E-state index in [1.54, 1.807) is 0 Å². The van der Waals surface area contributed by atoms with Crippen LogP contribution in [0.15, 0.2) is 0 Å². The van der Waals surface area contributed by atoms with E-state index in [4.69, 9.17) is 10.2 Å². The van der Waals surface area contributed by atoms with Crippen LogP contribution in [-0.2, 0) is 24.0 Å². The fourth-order valence-electron chi connectivity index (χ4n) is 2.67. The normalized spacial score (nSPS) is 20.0. The number of carbonyl (C=O) groups is 5. The maximum absolute atomic E-state index is 12.4. The molecule has 0 spiro atoms. The van der Waals surface area contributed by atoms with E-state index in [9.17, 15) is 34.2 Å². The summed E-state index contributed by atoms with van der Waals surface area (Å²) >= 11 is 0. The molecule has 5 unspecified atom stereocenters. The van der Waals surface area contributed by atoms with Crippen LogP contribution in [0.3, 0.4) is 0 Å². The van der Waals surface area contributed by atoms with Crippen molar-refractivity contribution >= 4 is 29.7 Å². The van der Waals surface area contributed by atoms with Gasteiger partial charge >= 0.3 is 11.9 Å². The Morgan fingerprint density at radius 3 is 2.10 bits per heavy atom. The summed E-state index contributed by atoms with van der Waals surface area (Å²) in [5.41, 5.74) is 0. The highest BCUT2D eigenvalue weighted by Gasteiger charge is 2.33. The summed E-state index contributed by atoms with van der Waals surface area (Å²) in [4.78, 5) is 58.4. The summed E-state index contributed by atoms with van der Waals surface area (Å²) in [5, 5.41) is 46.1. The number of aliphatic hydroxyl groups excluding tert-OH is 2. The standard InChI is InChI=1S/C16H26N4O9/c1-7(22)12(20-13(25)8-3-2-4-17-8)15(27)19-10(6-21)14(26)18-9(16(28)29)5-11(23)24/h7-10,12,17,21-22H,2-6H2,1H3,(H,18,26)(H,19,27)(H,20,25)(H,23,24)(H,28,29). The molecule has 0 aromatic rings. The molecule has 5 atom stereocenters. The van der Waals surface area contributed by atoms with Gasteiger partial charge in [0.1, 0.15) is 18.1 Å². The number of hydrogen-bond acceptors (Lipinski definition) is 8. The Labute approximate surface area is 165 Å². The third-order valence-electron chi connectivity index (χ3n) is 4.25. The van der Waals surface area contributed by atoms with E-state index < -0.39 is 73.0 Å². The molecular weight excluding hydrogens is 392 g/mol. The van der Waals surface area contributed by atoms with Gasteiger partial charge in [0, 0.05) is 0 Å². The van der Waals surface area contributed by atoms with Crippen LogP contribution in [-0.4, -0.2) is 93.5 Å². The van der Waals surface area contributed by atoms with Crippen LogP contribution in [0.2, 0.25) is 0 Å². The van der Waals surface area contributed by atoms with Crippen molar-refractivity contribution in [3.05, 3.63) is 0 Å². The number of carbonyl (C=O) groups excluding carboxylic acids is 3. The van der Waals surface area contributed by atoms with Gasteiger partial charge in [0.2, 0.25) is 17.7 Å². The second kappa shape index (κ2) is 11.3. The predicted molar refractivity (Wildman–Crippen MR) is 95.5 cm³/mol. The van der Waals surface area contributed by atoms with E-state index in [0.717, 1.165) is 6.42 Å². The van der Waals surface area contributed by atoms with Crippen LogP contribution in [0.4, 0.5) is 0 Å². The van der Waals surface area contributed by atoms with E-state index in [0.29, 0.717) is 13.0 Å². The fourth-order valence-corrected chi connectivity index (χ4v) is 2.67. The average Bonchev–Trinajstić information content (AvgIpc) is 3.17. The van der Waals surface area contributed by atoms with Crippen LogP contribution in [0.25, 0.3) is 0 Å². The minimum Gasteiger partial charge on any atom is -0.481 e. The lowest BCUT2D eigenvalue weighted by molar-refractivity contribution is -0.147. The van der Waals surface area contributed by atoms with E-state index in [1.807, 2.05) is 5.32 Å². The zero-order chi connectivity index (χ0) is 22.1. The van der Waals surface area contributed by atoms with E-state index in [2.05, 4.69) is 16.0 Å². The summed E-state index contributed by atoms with van der Waals surface area (Å²) in [6, 6.07) is -5.35. The van der Waals surface area contributed by atoms with E-state index in [-0.39, 0.29) is 0 Å². The Bertz CT molecular complexity index is 634. The smallest absolute Gasteiger partial charge is 0.326 e. The third-order valence-corrected chi connectivity index (χ3v) is 4.25. The Hall–Kier alpha value is -2.77. The topological polar surface area (TPSA) is 214 Å². The Morgan fingerprint density at radius 2 is 1.66 bits per heavy atom. The van der Waals surface area contributed by atoms with Crippen molar-refractivity contribution in [2.24, 2.45) is 0 Å². The molecule has 1 aliphatic rings. The largest absolute Gasteiger partial charge is 0.481 e. The minimum atomic E-state index is -1.77. The Balaban J connectivity index is 2.76. The van der Waals surface area contributed by atoms with Gasteiger partial charge < -0.3 is 41.7 Å². The highest BCUT2D eigenvalue weighted by molar-refractivity contribution is 5.95. The van der Waals surface area contributed by atoms with Gasteiger partial charge in [0.05, 0.1) is 25.2 Å². The molecule has 0 aromatic carbocycles. The number of aliphatic carboxylic acids is 2. The number of amides is 3. The van der Waals surface area contributed by atoms with Crippen molar-refractivity contribution < 1.29 is 44.4 Å². The zero-order valence-electron chi connectivity index (χ0n) is 15.8. The average molecular weight is 418 g/mol. The first kappa shape index (κ1) is 24.3. The molecule has 1 saturated heterocycles. The first-order valence-corrected chi connectivity index (χ1v) is 8.94. The molecule has 1 aliphatic heterocycles. The molecule has 1 heterocycles. The third kappa shape index (κ3) is 7.63. The van der Waals surface area contributed by atoms with Crippen LogP contribution in [0.1, 0.15) is 26.2 Å². The van der Waals surface area contributed by atoms with Crippen molar-refractivity contribution in [2.75, 3.05) is 13.2 Å². The molecule has 0 saturated carbocycles. The van der Waals surface area contributed by atoms with Crippen LogP contribution in [0, 0.1) is 0 Å². The molecule has 0 aliphatic carbocycles. The quantitative estimate of drug-likeness (QED) is 0.163. The highest BCUT2D eigenvalue weighted by Crippen LogP contribution is 2.06. The van der Waals surface area contributed by atoms with Crippen molar-refractivity contribution in [1.82, 2.24) is 21.3 Å². The van der Waals surface area contributed by atoms with Crippen LogP contribution >= 0.6 is 0 Å².